The SMILES string of the molecule is Cc1ccc(C)c(OCC(=O)NNC(=O)C2CCCCC2C(F)(F)F)c1. The number of aryl methyl sites for hydroxylation is 2. The van der Waals surface area contributed by atoms with Crippen LogP contribution < -0.4 is 15.6 Å². The van der Waals surface area contributed by atoms with E-state index in [1.165, 1.54) is 0 Å². The van der Waals surface area contributed by atoms with Crippen LogP contribution >= 0.6 is 0 Å². The van der Waals surface area contributed by atoms with E-state index in [0.29, 0.717) is 18.6 Å². The molecule has 5 nitrogen and oxygen atoms in total. The Kier molecular flexibility index (Phi) is 6.50. The first-order valence-electron chi connectivity index (χ1n) is 8.54. The Balaban J connectivity index is 1.84. The number of nitrogens with one attached hydrogen (secondary N) is 2. The van der Waals surface area contributed by atoms with Gasteiger partial charge >= 0.3 is 6.18 Å². The summed E-state index contributed by atoms with van der Waals surface area (Å²) in [5.41, 5.74) is 6.04. The van der Waals surface area contributed by atoms with Crippen molar-refractivity contribution >= 4 is 11.8 Å². The van der Waals surface area contributed by atoms with E-state index in [9.17, 15) is 22.8 Å². The number of hydrogen-bond acceptors (Lipinski definition) is 3. The van der Waals surface area contributed by atoms with Crippen LogP contribution in [0.4, 0.5) is 13.2 Å². The highest BCUT2D eigenvalue weighted by atomic mass is 19.4. The lowest BCUT2D eigenvalue weighted by atomic mass is 9.78. The molecule has 2 rings (SSSR count). The van der Waals surface area contributed by atoms with Crippen molar-refractivity contribution in [3.8, 4) is 5.75 Å². The van der Waals surface area contributed by atoms with Crippen LogP contribution in [-0.4, -0.2) is 24.6 Å². The third-order valence-electron chi connectivity index (χ3n) is 4.55. The molecule has 1 fully saturated rings. The van der Waals surface area contributed by atoms with Crippen LogP contribution in [0.15, 0.2) is 18.2 Å². The molecule has 0 heterocycles. The highest BCUT2D eigenvalue weighted by molar-refractivity contribution is 5.84. The molecule has 2 amide bonds. The maximum Gasteiger partial charge on any atom is 0.392 e. The van der Waals surface area contributed by atoms with Gasteiger partial charge in [-0.15, -0.1) is 0 Å². The normalized spacial score (nSPS) is 20.3. The molecule has 0 bridgehead atoms. The highest BCUT2D eigenvalue weighted by Gasteiger charge is 2.48. The number of ether oxygens (including phenoxy) is 1. The molecule has 1 aromatic rings. The molecule has 1 aromatic carbocycles. The van der Waals surface area contributed by atoms with E-state index in [4.69, 9.17) is 4.74 Å². The Labute approximate surface area is 150 Å². The first kappa shape index (κ1) is 20.1. The molecular weight excluding hydrogens is 349 g/mol. The van der Waals surface area contributed by atoms with Crippen LogP contribution in [0.1, 0.15) is 36.8 Å². The molecule has 0 aromatic heterocycles. The summed E-state index contributed by atoms with van der Waals surface area (Å²) < 4.78 is 44.5. The third kappa shape index (κ3) is 5.37. The number of benzene rings is 1. The topological polar surface area (TPSA) is 67.4 Å². The summed E-state index contributed by atoms with van der Waals surface area (Å²) in [7, 11) is 0. The minimum atomic E-state index is -4.42. The molecule has 8 heteroatoms. The summed E-state index contributed by atoms with van der Waals surface area (Å²) >= 11 is 0. The number of carbonyl (C=O) groups is 2. The second kappa shape index (κ2) is 8.42. The lowest BCUT2D eigenvalue weighted by Crippen LogP contribution is -2.50. The largest absolute Gasteiger partial charge is 0.483 e. The first-order chi connectivity index (χ1) is 12.2. The van der Waals surface area contributed by atoms with Gasteiger partial charge in [0, 0.05) is 0 Å². The van der Waals surface area contributed by atoms with Crippen molar-refractivity contribution < 1.29 is 27.5 Å². The predicted octanol–water partition coefficient (Wildman–Crippen LogP) is 3.20. The molecular formula is C18H23F3N2O3. The van der Waals surface area contributed by atoms with E-state index >= 15 is 0 Å². The van der Waals surface area contributed by atoms with Gasteiger partial charge in [0.15, 0.2) is 6.61 Å². The van der Waals surface area contributed by atoms with Gasteiger partial charge in [-0.05, 0) is 43.9 Å². The molecule has 0 aliphatic heterocycles. The zero-order valence-electron chi connectivity index (χ0n) is 14.8. The number of rotatable bonds is 4. The molecule has 1 saturated carbocycles. The van der Waals surface area contributed by atoms with Gasteiger partial charge < -0.3 is 4.74 Å². The van der Waals surface area contributed by atoms with Crippen molar-refractivity contribution in [1.29, 1.82) is 0 Å². The fourth-order valence-electron chi connectivity index (χ4n) is 3.10. The molecule has 0 saturated heterocycles. The molecule has 0 radical (unpaired) electrons. The summed E-state index contributed by atoms with van der Waals surface area (Å²) in [5, 5.41) is 0. The average molecular weight is 372 g/mol. The van der Waals surface area contributed by atoms with Crippen molar-refractivity contribution in [3.05, 3.63) is 29.3 Å². The van der Waals surface area contributed by atoms with Crippen LogP contribution in [0.25, 0.3) is 0 Å². The molecule has 2 N–H and O–H groups in total. The lowest BCUT2D eigenvalue weighted by molar-refractivity contribution is -0.198. The van der Waals surface area contributed by atoms with Gasteiger partial charge in [-0.1, -0.05) is 25.0 Å². The minimum absolute atomic E-state index is 0.0642. The second-order valence-electron chi connectivity index (χ2n) is 6.63. The Morgan fingerprint density at radius 1 is 1.15 bits per heavy atom. The van der Waals surface area contributed by atoms with E-state index in [1.807, 2.05) is 26.0 Å². The van der Waals surface area contributed by atoms with Crippen LogP contribution in [0, 0.1) is 25.7 Å². The van der Waals surface area contributed by atoms with Crippen LogP contribution in [-0.2, 0) is 9.59 Å². The van der Waals surface area contributed by atoms with E-state index in [-0.39, 0.29) is 19.4 Å². The Bertz CT molecular complexity index is 662. The van der Waals surface area contributed by atoms with Crippen molar-refractivity contribution in [2.24, 2.45) is 11.8 Å². The van der Waals surface area contributed by atoms with E-state index < -0.39 is 29.8 Å². The molecule has 1 aliphatic rings. The van der Waals surface area contributed by atoms with Crippen molar-refractivity contribution in [1.82, 2.24) is 10.9 Å². The van der Waals surface area contributed by atoms with Gasteiger partial charge in [-0.3, -0.25) is 20.4 Å². The molecule has 2 unspecified atom stereocenters. The van der Waals surface area contributed by atoms with E-state index in [0.717, 1.165) is 11.1 Å². The van der Waals surface area contributed by atoms with Crippen molar-refractivity contribution in [2.75, 3.05) is 6.61 Å². The molecule has 1 aliphatic carbocycles. The van der Waals surface area contributed by atoms with Gasteiger partial charge in [0.1, 0.15) is 5.75 Å². The van der Waals surface area contributed by atoms with Gasteiger partial charge in [0.05, 0.1) is 11.8 Å². The summed E-state index contributed by atoms with van der Waals surface area (Å²) in [6.07, 6.45) is -3.31. The number of hydrogen-bond donors (Lipinski definition) is 2. The zero-order valence-corrected chi connectivity index (χ0v) is 14.8. The maximum absolute atomic E-state index is 13.0. The lowest BCUT2D eigenvalue weighted by Gasteiger charge is -2.31. The summed E-state index contributed by atoms with van der Waals surface area (Å²) in [6, 6.07) is 5.53. The van der Waals surface area contributed by atoms with Crippen molar-refractivity contribution in [2.45, 2.75) is 45.7 Å². The van der Waals surface area contributed by atoms with E-state index in [1.54, 1.807) is 6.07 Å². The molecule has 26 heavy (non-hydrogen) atoms. The van der Waals surface area contributed by atoms with E-state index in [2.05, 4.69) is 10.9 Å². The smallest absolute Gasteiger partial charge is 0.392 e. The van der Waals surface area contributed by atoms with Gasteiger partial charge in [0.2, 0.25) is 5.91 Å². The van der Waals surface area contributed by atoms with Gasteiger partial charge in [-0.25, -0.2) is 0 Å². The quantitative estimate of drug-likeness (QED) is 0.798. The minimum Gasteiger partial charge on any atom is -0.483 e. The number of amides is 2. The average Bonchev–Trinajstić information content (AvgIpc) is 2.59. The van der Waals surface area contributed by atoms with Crippen LogP contribution in [0.2, 0.25) is 0 Å². The van der Waals surface area contributed by atoms with Gasteiger partial charge in [-0.2, -0.15) is 13.2 Å². The second-order valence-corrected chi connectivity index (χ2v) is 6.63. The predicted molar refractivity (Wildman–Crippen MR) is 89.2 cm³/mol. The summed E-state index contributed by atoms with van der Waals surface area (Å²) in [5.74, 6) is -3.76. The van der Waals surface area contributed by atoms with Gasteiger partial charge in [0.25, 0.3) is 5.91 Å². The first-order valence-corrected chi connectivity index (χ1v) is 8.54. The summed E-state index contributed by atoms with van der Waals surface area (Å²) in [6.45, 7) is 3.36. The number of carbonyl (C=O) groups excluding carboxylic acids is 2. The highest BCUT2D eigenvalue weighted by Crippen LogP contribution is 2.41. The summed E-state index contributed by atoms with van der Waals surface area (Å²) in [4.78, 5) is 23.9. The number of hydrazine groups is 1. The maximum atomic E-state index is 13.0. The molecule has 144 valence electrons. The Morgan fingerprint density at radius 2 is 1.85 bits per heavy atom. The fourth-order valence-corrected chi connectivity index (χ4v) is 3.10. The Hall–Kier alpha value is -2.25. The standard InChI is InChI=1S/C18H23F3N2O3/c1-11-7-8-12(2)15(9-11)26-10-16(24)22-23-17(25)13-5-3-4-6-14(13)18(19,20)21/h7-9,13-14H,3-6,10H2,1-2H3,(H,22,24)(H,23,25). The zero-order chi connectivity index (χ0) is 19.3. The van der Waals surface area contributed by atoms with Crippen LogP contribution in [0.5, 0.6) is 5.75 Å². The van der Waals surface area contributed by atoms with Crippen molar-refractivity contribution in [3.63, 3.8) is 0 Å². The third-order valence-corrected chi connectivity index (χ3v) is 4.55. The number of alkyl halides is 3. The fraction of sp³-hybridized carbons (Fsp3) is 0.556. The Morgan fingerprint density at radius 3 is 2.54 bits per heavy atom. The molecule has 2 atom stereocenters. The molecule has 0 spiro atoms. The number of halogens is 3. The monoisotopic (exact) mass is 372 g/mol. The van der Waals surface area contributed by atoms with Crippen LogP contribution in [0.3, 0.4) is 0 Å².